The van der Waals surface area contributed by atoms with Crippen LogP contribution in [0.1, 0.15) is 12.0 Å². The van der Waals surface area contributed by atoms with E-state index in [0.29, 0.717) is 0 Å². The van der Waals surface area contributed by atoms with Gasteiger partial charge >= 0.3 is 0 Å². The van der Waals surface area contributed by atoms with Gasteiger partial charge in [-0.2, -0.15) is 10.5 Å². The van der Waals surface area contributed by atoms with Gasteiger partial charge in [-0.1, -0.05) is 23.2 Å². The van der Waals surface area contributed by atoms with E-state index in [0.717, 1.165) is 0 Å². The van der Waals surface area contributed by atoms with Crippen molar-refractivity contribution in [3.05, 3.63) is 27.7 Å². The number of halogens is 2. The highest BCUT2D eigenvalue weighted by atomic mass is 35.5. The number of anilines is 1. The predicted molar refractivity (Wildman–Crippen MR) is 60.0 cm³/mol. The Morgan fingerprint density at radius 3 is 2.50 bits per heavy atom. The van der Waals surface area contributed by atoms with E-state index in [1.165, 1.54) is 12.1 Å². The molecule has 6 heteroatoms. The van der Waals surface area contributed by atoms with Crippen molar-refractivity contribution in [3.8, 4) is 12.1 Å². The zero-order chi connectivity index (χ0) is 12.1. The number of amides is 1. The van der Waals surface area contributed by atoms with Crippen LogP contribution in [0.3, 0.4) is 0 Å². The maximum absolute atomic E-state index is 11.2. The van der Waals surface area contributed by atoms with E-state index in [2.05, 4.69) is 5.32 Å². The molecule has 0 aliphatic carbocycles. The second-order valence-corrected chi connectivity index (χ2v) is 3.62. The van der Waals surface area contributed by atoms with Gasteiger partial charge in [0.2, 0.25) is 5.91 Å². The van der Waals surface area contributed by atoms with Crippen LogP contribution in [0.15, 0.2) is 12.1 Å². The van der Waals surface area contributed by atoms with Crippen LogP contribution in [0.25, 0.3) is 0 Å². The van der Waals surface area contributed by atoms with Gasteiger partial charge in [0.25, 0.3) is 0 Å². The zero-order valence-corrected chi connectivity index (χ0v) is 9.43. The average molecular weight is 254 g/mol. The Balaban J connectivity index is 3.05. The molecule has 0 bridgehead atoms. The van der Waals surface area contributed by atoms with Gasteiger partial charge in [-0.05, 0) is 12.1 Å². The van der Waals surface area contributed by atoms with Gasteiger partial charge in [0.1, 0.15) is 12.5 Å². The van der Waals surface area contributed by atoms with Crippen molar-refractivity contribution in [1.29, 1.82) is 10.5 Å². The molecule has 4 nitrogen and oxygen atoms in total. The maximum atomic E-state index is 11.2. The van der Waals surface area contributed by atoms with Crippen LogP contribution in [0.5, 0.6) is 0 Å². The fraction of sp³-hybridized carbons (Fsp3) is 0.100. The molecule has 0 heterocycles. The molecule has 0 saturated heterocycles. The van der Waals surface area contributed by atoms with Gasteiger partial charge < -0.3 is 5.32 Å². The number of hydrogen-bond donors (Lipinski definition) is 1. The van der Waals surface area contributed by atoms with Crippen molar-refractivity contribution < 1.29 is 4.79 Å². The second kappa shape index (κ2) is 5.37. The first-order valence-corrected chi connectivity index (χ1v) is 4.90. The summed E-state index contributed by atoms with van der Waals surface area (Å²) < 4.78 is 0. The van der Waals surface area contributed by atoms with Crippen molar-refractivity contribution >= 4 is 34.8 Å². The van der Waals surface area contributed by atoms with Gasteiger partial charge in [0, 0.05) is 0 Å². The van der Waals surface area contributed by atoms with Crippen molar-refractivity contribution in [2.24, 2.45) is 0 Å². The van der Waals surface area contributed by atoms with Crippen LogP contribution in [0.2, 0.25) is 10.0 Å². The van der Waals surface area contributed by atoms with Gasteiger partial charge in [-0.25, -0.2) is 0 Å². The zero-order valence-electron chi connectivity index (χ0n) is 7.92. The second-order valence-electron chi connectivity index (χ2n) is 2.81. The Hall–Kier alpha value is -1.75. The molecule has 0 unspecified atom stereocenters. The molecule has 80 valence electrons. The quantitative estimate of drug-likeness (QED) is 0.881. The largest absolute Gasteiger partial charge is 0.324 e. The van der Waals surface area contributed by atoms with Crippen LogP contribution in [0.4, 0.5) is 5.69 Å². The molecule has 0 aromatic heterocycles. The number of nitrogens with one attached hydrogen (secondary N) is 1. The standard InChI is InChI=1S/C10H5Cl2N3O/c11-7-3-6(5-14)9(4-8(7)12)15-10(16)1-2-13/h3-4H,1H2,(H,15,16). The van der Waals surface area contributed by atoms with Crippen molar-refractivity contribution in [3.63, 3.8) is 0 Å². The van der Waals surface area contributed by atoms with E-state index in [-0.39, 0.29) is 27.7 Å². The van der Waals surface area contributed by atoms with Gasteiger partial charge in [0.05, 0.1) is 27.4 Å². The normalized spacial score (nSPS) is 9.00. The number of benzene rings is 1. The van der Waals surface area contributed by atoms with Gasteiger partial charge in [0.15, 0.2) is 0 Å². The van der Waals surface area contributed by atoms with E-state index in [1.807, 2.05) is 6.07 Å². The average Bonchev–Trinajstić information content (AvgIpc) is 2.23. The molecule has 16 heavy (non-hydrogen) atoms. The van der Waals surface area contributed by atoms with Crippen LogP contribution in [0, 0.1) is 22.7 Å². The van der Waals surface area contributed by atoms with Crippen molar-refractivity contribution in [2.45, 2.75) is 6.42 Å². The summed E-state index contributed by atoms with van der Waals surface area (Å²) in [5.74, 6) is -0.502. The molecule has 0 aliphatic rings. The first-order valence-electron chi connectivity index (χ1n) is 4.14. The minimum Gasteiger partial charge on any atom is -0.324 e. The van der Waals surface area contributed by atoms with Gasteiger partial charge in [-0.3, -0.25) is 4.79 Å². The molecule has 0 atom stereocenters. The molecular weight excluding hydrogens is 249 g/mol. The fourth-order valence-corrected chi connectivity index (χ4v) is 1.34. The van der Waals surface area contributed by atoms with Crippen LogP contribution in [-0.4, -0.2) is 5.91 Å². The van der Waals surface area contributed by atoms with E-state index < -0.39 is 5.91 Å². The molecule has 1 aromatic carbocycles. The fourth-order valence-electron chi connectivity index (χ4n) is 1.01. The molecule has 1 rings (SSSR count). The van der Waals surface area contributed by atoms with Crippen molar-refractivity contribution in [2.75, 3.05) is 5.32 Å². The third-order valence-corrected chi connectivity index (χ3v) is 2.42. The Bertz CT molecular complexity index is 514. The van der Waals surface area contributed by atoms with Crippen LogP contribution >= 0.6 is 23.2 Å². The summed E-state index contributed by atoms with van der Waals surface area (Å²) in [5, 5.41) is 20.0. The van der Waals surface area contributed by atoms with E-state index in [9.17, 15) is 4.79 Å². The Morgan fingerprint density at radius 1 is 1.31 bits per heavy atom. The van der Waals surface area contributed by atoms with Gasteiger partial charge in [-0.15, -0.1) is 0 Å². The molecule has 1 aromatic rings. The number of nitrogens with zero attached hydrogens (tertiary/aromatic N) is 2. The van der Waals surface area contributed by atoms with E-state index in [4.69, 9.17) is 33.7 Å². The molecule has 0 spiro atoms. The lowest BCUT2D eigenvalue weighted by Crippen LogP contribution is -2.11. The molecule has 1 amide bonds. The molecule has 0 aliphatic heterocycles. The third-order valence-electron chi connectivity index (χ3n) is 1.69. The first kappa shape index (κ1) is 12.3. The lowest BCUT2D eigenvalue weighted by atomic mass is 10.2. The summed E-state index contributed by atoms with van der Waals surface area (Å²) in [4.78, 5) is 11.2. The van der Waals surface area contributed by atoms with E-state index in [1.54, 1.807) is 6.07 Å². The summed E-state index contributed by atoms with van der Waals surface area (Å²) >= 11 is 11.5. The van der Waals surface area contributed by atoms with Crippen molar-refractivity contribution in [1.82, 2.24) is 0 Å². The summed E-state index contributed by atoms with van der Waals surface area (Å²) in [7, 11) is 0. The topological polar surface area (TPSA) is 76.7 Å². The number of carbonyl (C=O) groups is 1. The highest BCUT2D eigenvalue weighted by Crippen LogP contribution is 2.28. The number of nitriles is 2. The summed E-state index contributed by atoms with van der Waals surface area (Å²) in [6.07, 6.45) is -0.287. The molecule has 1 N–H and O–H groups in total. The number of carbonyl (C=O) groups excluding carboxylic acids is 1. The van der Waals surface area contributed by atoms with E-state index >= 15 is 0 Å². The van der Waals surface area contributed by atoms with Crippen LogP contribution in [-0.2, 0) is 4.79 Å². The summed E-state index contributed by atoms with van der Waals surface area (Å²) in [6, 6.07) is 6.29. The maximum Gasteiger partial charge on any atom is 0.238 e. The van der Waals surface area contributed by atoms with Crippen LogP contribution < -0.4 is 5.32 Å². The molecule has 0 fully saturated rings. The predicted octanol–water partition coefficient (Wildman–Crippen LogP) is 2.72. The first-order chi connectivity index (χ1) is 7.58. The summed E-state index contributed by atoms with van der Waals surface area (Å²) in [5.41, 5.74) is 0.442. The number of hydrogen-bond acceptors (Lipinski definition) is 3. The molecule has 0 radical (unpaired) electrons. The third kappa shape index (κ3) is 2.87. The number of rotatable bonds is 2. The molecular formula is C10H5Cl2N3O. The minimum absolute atomic E-state index is 0.195. The lowest BCUT2D eigenvalue weighted by molar-refractivity contribution is -0.115. The SMILES string of the molecule is N#CCC(=O)Nc1cc(Cl)c(Cl)cc1C#N. The Morgan fingerprint density at radius 2 is 1.94 bits per heavy atom. The highest BCUT2D eigenvalue weighted by Gasteiger charge is 2.09. The minimum atomic E-state index is -0.502. The lowest BCUT2D eigenvalue weighted by Gasteiger charge is -2.06. The summed E-state index contributed by atoms with van der Waals surface area (Å²) in [6.45, 7) is 0. The Labute approximate surface area is 102 Å². The molecule has 0 saturated carbocycles. The Kier molecular flexibility index (Phi) is 4.13. The smallest absolute Gasteiger partial charge is 0.238 e. The highest BCUT2D eigenvalue weighted by molar-refractivity contribution is 6.42. The monoisotopic (exact) mass is 253 g/mol.